The second-order valence-electron chi connectivity index (χ2n) is 9.56. The Bertz CT molecular complexity index is 850. The van der Waals surface area contributed by atoms with Crippen LogP contribution in [0.1, 0.15) is 49.8 Å². The Hall–Kier alpha value is -2.33. The first kappa shape index (κ1) is 18.7. The number of carbonyl (C=O) groups excluding carboxylic acids is 1. The van der Waals surface area contributed by atoms with Gasteiger partial charge < -0.3 is 20.1 Å². The molecule has 1 amide bonds. The Labute approximate surface area is 171 Å². The fourth-order valence-corrected chi connectivity index (χ4v) is 6.33. The van der Waals surface area contributed by atoms with Crippen molar-refractivity contribution in [3.05, 3.63) is 23.4 Å². The first-order valence-electron chi connectivity index (χ1n) is 10.7. The van der Waals surface area contributed by atoms with Gasteiger partial charge in [0.2, 0.25) is 0 Å². The van der Waals surface area contributed by atoms with E-state index < -0.39 is 5.60 Å². The number of nitrogens with zero attached hydrogens (tertiary/aromatic N) is 3. The van der Waals surface area contributed by atoms with E-state index in [0.717, 1.165) is 44.3 Å². The average molecular weight is 396 g/mol. The Morgan fingerprint density at radius 1 is 1.34 bits per heavy atom. The van der Waals surface area contributed by atoms with Crippen molar-refractivity contribution in [2.24, 2.45) is 17.8 Å². The van der Waals surface area contributed by atoms with Crippen LogP contribution >= 0.6 is 0 Å². The third-order valence-electron chi connectivity index (χ3n) is 7.40. The van der Waals surface area contributed by atoms with Gasteiger partial charge in [-0.2, -0.15) is 5.26 Å². The highest BCUT2D eigenvalue weighted by atomic mass is 16.6. The molecule has 1 aromatic rings. The van der Waals surface area contributed by atoms with Crippen LogP contribution in [-0.2, 0) is 4.74 Å². The molecule has 7 heteroatoms. The third-order valence-corrected chi connectivity index (χ3v) is 7.40. The summed E-state index contributed by atoms with van der Waals surface area (Å²) in [4.78, 5) is 19.0. The number of hydrogen-bond donors (Lipinski definition) is 2. The lowest BCUT2D eigenvalue weighted by atomic mass is 9.53. The van der Waals surface area contributed by atoms with Crippen LogP contribution in [0.15, 0.2) is 12.1 Å². The van der Waals surface area contributed by atoms with Gasteiger partial charge in [0.05, 0.1) is 16.9 Å². The van der Waals surface area contributed by atoms with Gasteiger partial charge in [0.25, 0.3) is 0 Å². The first-order chi connectivity index (χ1) is 13.9. The van der Waals surface area contributed by atoms with Crippen molar-refractivity contribution in [1.29, 1.82) is 5.26 Å². The predicted molar refractivity (Wildman–Crippen MR) is 106 cm³/mol. The molecule has 1 unspecified atom stereocenters. The van der Waals surface area contributed by atoms with Crippen molar-refractivity contribution in [2.75, 3.05) is 18.4 Å². The summed E-state index contributed by atoms with van der Waals surface area (Å²) in [6.45, 7) is 3.08. The zero-order valence-electron chi connectivity index (χ0n) is 16.8. The van der Waals surface area contributed by atoms with Crippen LogP contribution in [0.2, 0.25) is 0 Å². The number of pyridine rings is 1. The minimum atomic E-state index is -0.506. The van der Waals surface area contributed by atoms with Gasteiger partial charge in [-0.25, -0.2) is 9.78 Å². The zero-order valence-corrected chi connectivity index (χ0v) is 16.8. The van der Waals surface area contributed by atoms with Gasteiger partial charge in [-0.05, 0) is 75.3 Å². The monoisotopic (exact) mass is 396 g/mol. The molecule has 2 heterocycles. The van der Waals surface area contributed by atoms with Crippen LogP contribution in [0.25, 0.3) is 0 Å². The molecule has 0 spiro atoms. The summed E-state index contributed by atoms with van der Waals surface area (Å²) in [5.74, 6) is 1.97. The number of aryl methyl sites for hydroxylation is 1. The Morgan fingerprint density at radius 2 is 2.10 bits per heavy atom. The first-order valence-corrected chi connectivity index (χ1v) is 10.7. The predicted octanol–water partition coefficient (Wildman–Crippen LogP) is 2.82. The fourth-order valence-electron chi connectivity index (χ4n) is 6.33. The molecule has 29 heavy (non-hydrogen) atoms. The van der Waals surface area contributed by atoms with E-state index in [4.69, 9.17) is 10.00 Å². The Morgan fingerprint density at radius 3 is 2.76 bits per heavy atom. The fraction of sp³-hybridized carbons (Fsp3) is 0.682. The van der Waals surface area contributed by atoms with Gasteiger partial charge in [-0.15, -0.1) is 0 Å². The van der Waals surface area contributed by atoms with Crippen molar-refractivity contribution in [3.8, 4) is 6.07 Å². The second kappa shape index (κ2) is 6.88. The largest absolute Gasteiger partial charge is 0.446 e. The van der Waals surface area contributed by atoms with Crippen molar-refractivity contribution >= 4 is 11.9 Å². The smallest absolute Gasteiger partial charge is 0.410 e. The number of likely N-dealkylation sites (tertiary alicyclic amines) is 1. The van der Waals surface area contributed by atoms with E-state index in [1.165, 1.54) is 0 Å². The van der Waals surface area contributed by atoms with Crippen LogP contribution < -0.4 is 5.32 Å². The molecule has 1 aliphatic heterocycles. The van der Waals surface area contributed by atoms with Crippen molar-refractivity contribution in [1.82, 2.24) is 9.88 Å². The minimum absolute atomic E-state index is 0.0332. The van der Waals surface area contributed by atoms with Crippen molar-refractivity contribution < 1.29 is 14.6 Å². The van der Waals surface area contributed by atoms with Crippen LogP contribution in [0.3, 0.4) is 0 Å². The van der Waals surface area contributed by atoms with E-state index in [0.29, 0.717) is 42.1 Å². The highest BCUT2D eigenvalue weighted by Crippen LogP contribution is 2.56. The van der Waals surface area contributed by atoms with Gasteiger partial charge in [0, 0.05) is 19.1 Å². The molecule has 1 aromatic heterocycles. The number of rotatable bonds is 3. The number of anilines is 1. The molecule has 3 atom stereocenters. The number of aromatic nitrogens is 1. The SMILES string of the molecule is Cc1nc(NC2CCN(C(=O)OC3[C@@H]4CC5C[C@@H]3CC(O)(C5)C4)C2)ccc1C#N. The maximum atomic E-state index is 12.8. The number of hydrogen-bond acceptors (Lipinski definition) is 6. The number of carbonyl (C=O) groups is 1. The van der Waals surface area contributed by atoms with Crippen LogP contribution in [0, 0.1) is 36.0 Å². The molecule has 4 bridgehead atoms. The topological polar surface area (TPSA) is 98.5 Å². The summed E-state index contributed by atoms with van der Waals surface area (Å²) >= 11 is 0. The lowest BCUT2D eigenvalue weighted by Gasteiger charge is -2.57. The molecule has 1 saturated heterocycles. The number of nitriles is 1. The van der Waals surface area contributed by atoms with E-state index in [9.17, 15) is 9.90 Å². The summed E-state index contributed by atoms with van der Waals surface area (Å²) in [5.41, 5.74) is 0.775. The molecule has 0 aromatic carbocycles. The summed E-state index contributed by atoms with van der Waals surface area (Å²) in [5, 5.41) is 23.1. The molecule has 4 aliphatic carbocycles. The lowest BCUT2D eigenvalue weighted by molar-refractivity contribution is -0.177. The van der Waals surface area contributed by atoms with Crippen LogP contribution in [0.5, 0.6) is 0 Å². The van der Waals surface area contributed by atoms with Gasteiger partial charge in [-0.3, -0.25) is 0 Å². The Balaban J connectivity index is 1.17. The van der Waals surface area contributed by atoms with E-state index >= 15 is 0 Å². The molecule has 5 fully saturated rings. The van der Waals surface area contributed by atoms with E-state index in [1.807, 2.05) is 13.0 Å². The molecular weight excluding hydrogens is 368 g/mol. The van der Waals surface area contributed by atoms with Crippen LogP contribution in [-0.4, -0.2) is 51.9 Å². The highest BCUT2D eigenvalue weighted by Gasteiger charge is 2.56. The number of amides is 1. The van der Waals surface area contributed by atoms with Gasteiger partial charge in [0.1, 0.15) is 18.0 Å². The standard InChI is InChI=1S/C22H28N4O3/c1-13-15(11-23)2-3-19(24-13)25-18-4-5-26(12-18)21(27)29-20-16-6-14-7-17(20)10-22(28,8-14)9-16/h2-3,14,16-18,20,28H,4-10,12H2,1H3,(H,24,25)/t14?,16-,17-,18?,20?,22?/m1/s1. The molecule has 6 rings (SSSR count). The van der Waals surface area contributed by atoms with E-state index in [2.05, 4.69) is 16.4 Å². The van der Waals surface area contributed by atoms with Crippen molar-refractivity contribution in [2.45, 2.75) is 63.2 Å². The zero-order chi connectivity index (χ0) is 20.2. The molecule has 0 radical (unpaired) electrons. The number of nitrogens with one attached hydrogen (secondary N) is 1. The normalized spacial score (nSPS) is 37.4. The molecule has 4 saturated carbocycles. The molecule has 154 valence electrons. The molecular formula is C22H28N4O3. The summed E-state index contributed by atoms with van der Waals surface area (Å²) < 4.78 is 6.00. The maximum Gasteiger partial charge on any atom is 0.410 e. The van der Waals surface area contributed by atoms with E-state index in [-0.39, 0.29) is 18.2 Å². The minimum Gasteiger partial charge on any atom is -0.446 e. The molecule has 2 N–H and O–H groups in total. The maximum absolute atomic E-state index is 12.8. The number of aliphatic hydroxyl groups is 1. The molecule has 7 nitrogen and oxygen atoms in total. The van der Waals surface area contributed by atoms with Gasteiger partial charge in [0.15, 0.2) is 0 Å². The third kappa shape index (κ3) is 3.44. The van der Waals surface area contributed by atoms with E-state index in [1.54, 1.807) is 11.0 Å². The number of ether oxygens (including phenoxy) is 1. The van der Waals surface area contributed by atoms with Gasteiger partial charge >= 0.3 is 6.09 Å². The Kier molecular flexibility index (Phi) is 4.43. The quantitative estimate of drug-likeness (QED) is 0.815. The van der Waals surface area contributed by atoms with Crippen molar-refractivity contribution in [3.63, 3.8) is 0 Å². The summed E-state index contributed by atoms with van der Waals surface area (Å²) in [7, 11) is 0. The average Bonchev–Trinajstić information content (AvgIpc) is 3.12. The molecule has 5 aliphatic rings. The van der Waals surface area contributed by atoms with Gasteiger partial charge in [-0.1, -0.05) is 0 Å². The summed E-state index contributed by atoms with van der Waals surface area (Å²) in [6.07, 6.45) is 5.27. The summed E-state index contributed by atoms with van der Waals surface area (Å²) in [6, 6.07) is 5.83. The lowest BCUT2D eigenvalue weighted by Crippen LogP contribution is -2.58. The highest BCUT2D eigenvalue weighted by molar-refractivity contribution is 5.68. The van der Waals surface area contributed by atoms with Crippen LogP contribution in [0.4, 0.5) is 10.6 Å². The second-order valence-corrected chi connectivity index (χ2v) is 9.56.